The zero-order valence-corrected chi connectivity index (χ0v) is 25.4. The minimum absolute atomic E-state index is 1.16. The third kappa shape index (κ3) is 5.94. The first kappa shape index (κ1) is 27.8. The molecule has 0 radical (unpaired) electrons. The van der Waals surface area contributed by atoms with Gasteiger partial charge in [-0.2, -0.15) is 22.2 Å². The van der Waals surface area contributed by atoms with Crippen LogP contribution in [0.15, 0.2) is 48.5 Å². The van der Waals surface area contributed by atoms with Crippen molar-refractivity contribution in [3.63, 3.8) is 0 Å². The summed E-state index contributed by atoms with van der Waals surface area (Å²) in [5.74, 6) is 0. The van der Waals surface area contributed by atoms with Gasteiger partial charge in [0.2, 0.25) is 0 Å². The second-order valence-electron chi connectivity index (χ2n) is 10.2. The van der Waals surface area contributed by atoms with Crippen LogP contribution in [0.2, 0.25) is 24.2 Å². The first-order valence-electron chi connectivity index (χ1n) is 13.8. The molecule has 0 heterocycles. The maximum Gasteiger partial charge on any atom is 0.188 e. The Hall–Kier alpha value is -0.806. The van der Waals surface area contributed by atoms with Gasteiger partial charge in [0.05, 0.1) is 0 Å². The number of halogens is 2. The van der Waals surface area contributed by atoms with E-state index in [1.54, 1.807) is 0 Å². The quantitative estimate of drug-likeness (QED) is 0.110. The van der Waals surface area contributed by atoms with Gasteiger partial charge < -0.3 is 0 Å². The molecule has 0 fully saturated rings. The summed E-state index contributed by atoms with van der Waals surface area (Å²) in [7, 11) is -4.37. The highest BCUT2D eigenvalue weighted by molar-refractivity contribution is 7.30. The van der Waals surface area contributed by atoms with Gasteiger partial charge in [-0.25, -0.2) is 0 Å². The molecule has 0 bridgehead atoms. The van der Waals surface area contributed by atoms with Crippen molar-refractivity contribution in [3.8, 4) is 0 Å². The van der Waals surface area contributed by atoms with E-state index in [4.69, 9.17) is 22.2 Å². The summed E-state index contributed by atoms with van der Waals surface area (Å²) in [6.45, 7) is 9.17. The molecular formula is C30H44Cl2Si2. The van der Waals surface area contributed by atoms with Crippen LogP contribution in [0.4, 0.5) is 0 Å². The summed E-state index contributed by atoms with van der Waals surface area (Å²) in [6, 6.07) is 22.9. The van der Waals surface area contributed by atoms with Gasteiger partial charge in [-0.3, -0.25) is 0 Å². The van der Waals surface area contributed by atoms with E-state index in [2.05, 4.69) is 76.2 Å². The van der Waals surface area contributed by atoms with Crippen molar-refractivity contribution in [2.24, 2.45) is 0 Å². The largest absolute Gasteiger partial charge is 0.188 e. The Labute approximate surface area is 219 Å². The summed E-state index contributed by atoms with van der Waals surface area (Å²) >= 11 is 15.7. The molecule has 0 aromatic heterocycles. The van der Waals surface area contributed by atoms with Crippen LogP contribution in [0.25, 0.3) is 21.5 Å². The van der Waals surface area contributed by atoms with Crippen molar-refractivity contribution < 1.29 is 0 Å². The maximum absolute atomic E-state index is 7.83. The Kier molecular flexibility index (Phi) is 10.6. The lowest BCUT2D eigenvalue weighted by atomic mass is 10.0. The Morgan fingerprint density at radius 1 is 0.471 bits per heavy atom. The SMILES string of the molecule is CCCC[Si](Cl)(CCCC)c1c2ccccc2c([Si](Cl)(CCCC)CCCC)c2ccccc12. The van der Waals surface area contributed by atoms with Gasteiger partial charge in [-0.1, -0.05) is 128 Å². The Balaban J connectivity index is 2.40. The van der Waals surface area contributed by atoms with Crippen molar-refractivity contribution in [2.75, 3.05) is 0 Å². The van der Waals surface area contributed by atoms with E-state index in [1.165, 1.54) is 83.3 Å². The van der Waals surface area contributed by atoms with E-state index in [-0.39, 0.29) is 0 Å². The van der Waals surface area contributed by atoms with Gasteiger partial charge in [0, 0.05) is 0 Å². The van der Waals surface area contributed by atoms with E-state index in [0.717, 1.165) is 24.2 Å². The smallest absolute Gasteiger partial charge is 0.161 e. The maximum atomic E-state index is 7.83. The van der Waals surface area contributed by atoms with Crippen molar-refractivity contribution in [1.29, 1.82) is 0 Å². The number of rotatable bonds is 14. The molecule has 3 aromatic rings. The molecule has 34 heavy (non-hydrogen) atoms. The first-order valence-corrected chi connectivity index (χ1v) is 20.6. The average molecular weight is 532 g/mol. The van der Waals surface area contributed by atoms with Crippen LogP contribution in [-0.2, 0) is 0 Å². The van der Waals surface area contributed by atoms with Gasteiger partial charge in [-0.05, 0) is 56.1 Å². The molecule has 3 aromatic carbocycles. The fourth-order valence-electron chi connectivity index (χ4n) is 5.67. The fraction of sp³-hybridized carbons (Fsp3) is 0.533. The minimum Gasteiger partial charge on any atom is -0.161 e. The second-order valence-corrected chi connectivity index (χ2v) is 21.4. The van der Waals surface area contributed by atoms with Crippen LogP contribution >= 0.6 is 22.2 Å². The highest BCUT2D eigenvalue weighted by Gasteiger charge is 2.40. The van der Waals surface area contributed by atoms with E-state index >= 15 is 0 Å². The number of hydrogen-bond acceptors (Lipinski definition) is 0. The third-order valence-electron chi connectivity index (χ3n) is 7.53. The lowest BCUT2D eigenvalue weighted by Crippen LogP contribution is -2.48. The number of benzene rings is 3. The van der Waals surface area contributed by atoms with E-state index in [1.807, 2.05) is 0 Å². The molecule has 0 N–H and O–H groups in total. The van der Waals surface area contributed by atoms with Crippen LogP contribution in [0.5, 0.6) is 0 Å². The summed E-state index contributed by atoms with van der Waals surface area (Å²) in [4.78, 5) is 0. The van der Waals surface area contributed by atoms with Crippen LogP contribution in [0.1, 0.15) is 79.1 Å². The molecule has 0 unspecified atom stereocenters. The molecule has 0 aliphatic carbocycles. The van der Waals surface area contributed by atoms with E-state index in [0.29, 0.717) is 0 Å². The standard InChI is InChI=1S/C30H44Cl2Si2/c1-5-9-21-33(31,22-10-6-2)29-25-17-13-15-19-27(25)30(28-20-16-14-18-26(28)29)34(32,23-11-7-3)24-12-8-4/h13-20H,5-12,21-24H2,1-4H3. The average Bonchev–Trinajstić information content (AvgIpc) is 2.86. The Morgan fingerprint density at radius 2 is 0.706 bits per heavy atom. The predicted octanol–water partition coefficient (Wildman–Crippen LogP) is 9.98. The first-order chi connectivity index (χ1) is 16.5. The molecule has 0 saturated carbocycles. The van der Waals surface area contributed by atoms with Crippen molar-refractivity contribution >= 4 is 68.8 Å². The molecule has 3 rings (SSSR count). The van der Waals surface area contributed by atoms with Crippen molar-refractivity contribution in [1.82, 2.24) is 0 Å². The predicted molar refractivity (Wildman–Crippen MR) is 163 cm³/mol. The lowest BCUT2D eigenvalue weighted by Gasteiger charge is -2.33. The molecule has 0 atom stereocenters. The van der Waals surface area contributed by atoms with E-state index in [9.17, 15) is 0 Å². The van der Waals surface area contributed by atoms with Gasteiger partial charge in [0.1, 0.15) is 0 Å². The fourth-order valence-corrected chi connectivity index (χ4v) is 16.5. The zero-order chi connectivity index (χ0) is 24.6. The molecule has 0 aliphatic heterocycles. The van der Waals surface area contributed by atoms with Crippen molar-refractivity contribution in [3.05, 3.63) is 48.5 Å². The molecule has 186 valence electrons. The monoisotopic (exact) mass is 530 g/mol. The molecule has 0 amide bonds. The summed E-state index contributed by atoms with van der Waals surface area (Å²) in [5.41, 5.74) is 0. The Bertz CT molecular complexity index is 905. The highest BCUT2D eigenvalue weighted by Crippen LogP contribution is 2.36. The minimum atomic E-state index is -2.18. The third-order valence-corrected chi connectivity index (χ3v) is 18.4. The zero-order valence-electron chi connectivity index (χ0n) is 21.9. The van der Waals surface area contributed by atoms with Gasteiger partial charge in [0.15, 0.2) is 14.8 Å². The van der Waals surface area contributed by atoms with Gasteiger partial charge in [0.25, 0.3) is 0 Å². The Morgan fingerprint density at radius 3 is 0.912 bits per heavy atom. The van der Waals surface area contributed by atoms with Crippen LogP contribution in [-0.4, -0.2) is 14.8 Å². The lowest BCUT2D eigenvalue weighted by molar-refractivity contribution is 0.842. The topological polar surface area (TPSA) is 0 Å². The van der Waals surface area contributed by atoms with Crippen LogP contribution in [0.3, 0.4) is 0 Å². The molecule has 4 heteroatoms. The molecular weight excluding hydrogens is 487 g/mol. The molecule has 0 saturated heterocycles. The number of unbranched alkanes of at least 4 members (excludes halogenated alkanes) is 4. The summed E-state index contributed by atoms with van der Waals surface area (Å²) < 4.78 is 0. The highest BCUT2D eigenvalue weighted by atomic mass is 35.6. The summed E-state index contributed by atoms with van der Waals surface area (Å²) in [6.07, 6.45) is 9.66. The van der Waals surface area contributed by atoms with Gasteiger partial charge in [-0.15, -0.1) is 0 Å². The molecule has 0 aliphatic rings. The van der Waals surface area contributed by atoms with E-state index < -0.39 is 14.8 Å². The summed E-state index contributed by atoms with van der Waals surface area (Å²) in [5, 5.41) is 8.58. The van der Waals surface area contributed by atoms with Crippen molar-refractivity contribution in [2.45, 2.75) is 103 Å². The molecule has 0 spiro atoms. The number of hydrogen-bond donors (Lipinski definition) is 0. The molecule has 0 nitrogen and oxygen atoms in total. The van der Waals surface area contributed by atoms with Crippen LogP contribution in [0, 0.1) is 0 Å². The van der Waals surface area contributed by atoms with Gasteiger partial charge >= 0.3 is 0 Å². The van der Waals surface area contributed by atoms with Crippen LogP contribution < -0.4 is 10.4 Å². The number of fused-ring (bicyclic) bond motifs is 2. The normalized spacial score (nSPS) is 12.6. The second kappa shape index (κ2) is 12.9.